The predicted molar refractivity (Wildman–Crippen MR) is 61.0 cm³/mol. The normalized spacial score (nSPS) is 17.1. The predicted octanol–water partition coefficient (Wildman–Crippen LogP) is 1.04. The van der Waals surface area contributed by atoms with Gasteiger partial charge in [0.1, 0.15) is 11.6 Å². The first-order valence-electron chi connectivity index (χ1n) is 5.99. The van der Waals surface area contributed by atoms with Crippen LogP contribution in [-0.4, -0.2) is 28.5 Å². The van der Waals surface area contributed by atoms with E-state index in [2.05, 4.69) is 14.8 Å². The Morgan fingerprint density at radius 2 is 2.31 bits per heavy atom. The first-order chi connectivity index (χ1) is 7.83. The molecule has 2 heterocycles. The van der Waals surface area contributed by atoms with Crippen LogP contribution in [0, 0.1) is 0 Å². The molecule has 1 aromatic rings. The van der Waals surface area contributed by atoms with Gasteiger partial charge in [0.05, 0.1) is 6.04 Å². The zero-order valence-electron chi connectivity index (χ0n) is 9.85. The van der Waals surface area contributed by atoms with Gasteiger partial charge in [-0.3, -0.25) is 0 Å². The molecule has 0 fully saturated rings. The van der Waals surface area contributed by atoms with Crippen molar-refractivity contribution in [1.29, 1.82) is 0 Å². The molecule has 5 heteroatoms. The van der Waals surface area contributed by atoms with Crippen LogP contribution >= 0.6 is 0 Å². The van der Waals surface area contributed by atoms with E-state index in [1.165, 1.54) is 12.8 Å². The van der Waals surface area contributed by atoms with Gasteiger partial charge in [-0.15, -0.1) is 10.2 Å². The maximum Gasteiger partial charge on any atom is 0.149 e. The molecule has 0 saturated heterocycles. The first kappa shape index (κ1) is 11.5. The number of nitrogens with zero attached hydrogens (tertiary/aromatic N) is 3. The molecule has 5 nitrogen and oxygen atoms in total. The average Bonchev–Trinajstić information content (AvgIpc) is 2.73. The molecule has 16 heavy (non-hydrogen) atoms. The number of ether oxygens (including phenoxy) is 1. The van der Waals surface area contributed by atoms with Gasteiger partial charge in [0.15, 0.2) is 0 Å². The molecule has 1 atom stereocenters. The second kappa shape index (κ2) is 5.41. The smallest absolute Gasteiger partial charge is 0.149 e. The van der Waals surface area contributed by atoms with E-state index in [4.69, 9.17) is 10.5 Å². The summed E-state index contributed by atoms with van der Waals surface area (Å²) in [4.78, 5) is 0. The van der Waals surface area contributed by atoms with Crippen molar-refractivity contribution >= 4 is 0 Å². The van der Waals surface area contributed by atoms with Crippen molar-refractivity contribution in [2.75, 3.05) is 13.7 Å². The van der Waals surface area contributed by atoms with E-state index in [1.807, 2.05) is 0 Å². The molecule has 1 aliphatic heterocycles. The maximum absolute atomic E-state index is 6.13. The summed E-state index contributed by atoms with van der Waals surface area (Å²) in [6, 6.07) is -0.00509. The number of fused-ring (bicyclic) bond motifs is 1. The average molecular weight is 224 g/mol. The zero-order chi connectivity index (χ0) is 11.4. The standard InChI is InChI=1S/C11H20N4O/c1-16-8-4-5-9(12)11-14-13-10-6-2-3-7-15(10)11/h9H,2-8,12H2,1H3. The molecule has 0 aliphatic carbocycles. The van der Waals surface area contributed by atoms with Gasteiger partial charge in [-0.25, -0.2) is 0 Å². The Morgan fingerprint density at radius 1 is 1.44 bits per heavy atom. The first-order valence-corrected chi connectivity index (χ1v) is 5.99. The van der Waals surface area contributed by atoms with Crippen LogP contribution in [0.3, 0.4) is 0 Å². The molecule has 90 valence electrons. The van der Waals surface area contributed by atoms with Crippen molar-refractivity contribution in [1.82, 2.24) is 14.8 Å². The van der Waals surface area contributed by atoms with E-state index in [0.29, 0.717) is 0 Å². The van der Waals surface area contributed by atoms with E-state index < -0.39 is 0 Å². The van der Waals surface area contributed by atoms with E-state index in [9.17, 15) is 0 Å². The Kier molecular flexibility index (Phi) is 3.90. The van der Waals surface area contributed by atoms with Crippen molar-refractivity contribution in [3.8, 4) is 0 Å². The Labute approximate surface area is 96.0 Å². The number of hydrogen-bond donors (Lipinski definition) is 1. The minimum absolute atomic E-state index is 0.00509. The van der Waals surface area contributed by atoms with Crippen LogP contribution in [0.5, 0.6) is 0 Å². The maximum atomic E-state index is 6.13. The van der Waals surface area contributed by atoms with Crippen molar-refractivity contribution in [2.45, 2.75) is 44.7 Å². The number of aryl methyl sites for hydroxylation is 1. The van der Waals surface area contributed by atoms with Crippen molar-refractivity contribution in [3.05, 3.63) is 11.6 Å². The number of rotatable bonds is 5. The SMILES string of the molecule is COCCCC(N)c1nnc2n1CCCC2. The van der Waals surface area contributed by atoms with E-state index in [-0.39, 0.29) is 6.04 Å². The Balaban J connectivity index is 1.99. The lowest BCUT2D eigenvalue weighted by Gasteiger charge is -2.17. The summed E-state index contributed by atoms with van der Waals surface area (Å²) < 4.78 is 7.22. The van der Waals surface area contributed by atoms with Gasteiger partial charge >= 0.3 is 0 Å². The Hall–Kier alpha value is -0.940. The van der Waals surface area contributed by atoms with Crippen molar-refractivity contribution in [3.63, 3.8) is 0 Å². The minimum Gasteiger partial charge on any atom is -0.385 e. The van der Waals surface area contributed by atoms with Gasteiger partial charge in [0.25, 0.3) is 0 Å². The molecule has 0 bridgehead atoms. The Morgan fingerprint density at radius 3 is 3.12 bits per heavy atom. The highest BCUT2D eigenvalue weighted by Gasteiger charge is 2.19. The molecule has 2 N–H and O–H groups in total. The molecular weight excluding hydrogens is 204 g/mol. The third-order valence-corrected chi connectivity index (χ3v) is 3.08. The summed E-state index contributed by atoms with van der Waals surface area (Å²) in [5.74, 6) is 2.05. The zero-order valence-corrected chi connectivity index (χ0v) is 9.85. The molecule has 0 aromatic carbocycles. The lowest BCUT2D eigenvalue weighted by molar-refractivity contribution is 0.190. The van der Waals surface area contributed by atoms with Gasteiger partial charge in [0, 0.05) is 26.7 Å². The lowest BCUT2D eigenvalue weighted by Crippen LogP contribution is -2.20. The van der Waals surface area contributed by atoms with Crippen LogP contribution in [0.15, 0.2) is 0 Å². The number of aromatic nitrogens is 3. The summed E-state index contributed by atoms with van der Waals surface area (Å²) in [6.45, 7) is 1.78. The molecule has 0 spiro atoms. The highest BCUT2D eigenvalue weighted by atomic mass is 16.5. The molecular formula is C11H20N4O. The highest BCUT2D eigenvalue weighted by molar-refractivity contribution is 5.02. The van der Waals surface area contributed by atoms with Crippen molar-refractivity contribution < 1.29 is 4.74 Å². The van der Waals surface area contributed by atoms with Crippen LogP contribution in [0.4, 0.5) is 0 Å². The summed E-state index contributed by atoms with van der Waals surface area (Å²) in [5.41, 5.74) is 6.13. The van der Waals surface area contributed by atoms with Crippen LogP contribution in [0.2, 0.25) is 0 Å². The van der Waals surface area contributed by atoms with E-state index in [1.54, 1.807) is 7.11 Å². The third kappa shape index (κ3) is 2.41. The van der Waals surface area contributed by atoms with Gasteiger partial charge in [-0.05, 0) is 25.7 Å². The second-order valence-electron chi connectivity index (χ2n) is 4.32. The summed E-state index contributed by atoms with van der Waals surface area (Å²) in [5, 5.41) is 8.43. The van der Waals surface area contributed by atoms with Crippen LogP contribution in [0.25, 0.3) is 0 Å². The fourth-order valence-corrected chi connectivity index (χ4v) is 2.18. The third-order valence-electron chi connectivity index (χ3n) is 3.08. The minimum atomic E-state index is -0.00509. The number of nitrogens with two attached hydrogens (primary N) is 1. The fourth-order valence-electron chi connectivity index (χ4n) is 2.18. The number of methoxy groups -OCH3 is 1. The van der Waals surface area contributed by atoms with Gasteiger partial charge in [-0.1, -0.05) is 0 Å². The largest absolute Gasteiger partial charge is 0.385 e. The van der Waals surface area contributed by atoms with Crippen LogP contribution < -0.4 is 5.73 Å². The summed E-state index contributed by atoms with van der Waals surface area (Å²) in [7, 11) is 1.71. The molecule has 1 aliphatic rings. The molecule has 0 radical (unpaired) electrons. The van der Waals surface area contributed by atoms with Crippen molar-refractivity contribution in [2.24, 2.45) is 5.73 Å². The summed E-state index contributed by atoms with van der Waals surface area (Å²) >= 11 is 0. The quantitative estimate of drug-likeness (QED) is 0.759. The second-order valence-corrected chi connectivity index (χ2v) is 4.32. The van der Waals surface area contributed by atoms with E-state index in [0.717, 1.165) is 44.1 Å². The number of hydrogen-bond acceptors (Lipinski definition) is 4. The fraction of sp³-hybridized carbons (Fsp3) is 0.818. The topological polar surface area (TPSA) is 66.0 Å². The molecule has 2 rings (SSSR count). The van der Waals surface area contributed by atoms with Gasteiger partial charge < -0.3 is 15.0 Å². The molecule has 0 saturated carbocycles. The highest BCUT2D eigenvalue weighted by Crippen LogP contribution is 2.20. The Bertz CT molecular complexity index is 337. The van der Waals surface area contributed by atoms with Gasteiger partial charge in [-0.2, -0.15) is 0 Å². The van der Waals surface area contributed by atoms with Gasteiger partial charge in [0.2, 0.25) is 0 Å². The molecule has 1 unspecified atom stereocenters. The van der Waals surface area contributed by atoms with Crippen LogP contribution in [-0.2, 0) is 17.7 Å². The molecule has 1 aromatic heterocycles. The monoisotopic (exact) mass is 224 g/mol. The molecule has 0 amide bonds. The lowest BCUT2D eigenvalue weighted by atomic mass is 10.1. The van der Waals surface area contributed by atoms with Crippen LogP contribution in [0.1, 0.15) is 43.4 Å². The van der Waals surface area contributed by atoms with E-state index >= 15 is 0 Å². The summed E-state index contributed by atoms with van der Waals surface area (Å²) in [6.07, 6.45) is 5.35.